The fourth-order valence-corrected chi connectivity index (χ4v) is 3.51. The lowest BCUT2D eigenvalue weighted by Crippen LogP contribution is -2.46. The summed E-state index contributed by atoms with van der Waals surface area (Å²) in [6, 6.07) is 0. The van der Waals surface area contributed by atoms with Gasteiger partial charge in [0.05, 0.1) is 0 Å². The van der Waals surface area contributed by atoms with Crippen LogP contribution in [-0.4, -0.2) is 56.6 Å². The topological polar surface area (TPSA) is 32.5 Å². The van der Waals surface area contributed by atoms with Gasteiger partial charge in [-0.3, -0.25) is 0 Å². The molecule has 0 aromatic carbocycles. The Morgan fingerprint density at radius 1 is 1.28 bits per heavy atom. The normalized spacial score (nSPS) is 25.3. The lowest BCUT2D eigenvalue weighted by Gasteiger charge is -2.44. The second-order valence-electron chi connectivity index (χ2n) is 6.83. The quantitative estimate of drug-likeness (QED) is 0.783. The van der Waals surface area contributed by atoms with Crippen molar-refractivity contribution in [2.24, 2.45) is 17.1 Å². The first-order valence-electron chi connectivity index (χ1n) is 7.71. The molecule has 18 heavy (non-hydrogen) atoms. The highest BCUT2D eigenvalue weighted by atomic mass is 15.1. The standard InChI is InChI=1S/C15H31N3/c1-17-9-4-14(5-10-17)6-11-18(2)13-15(12-16)7-3-8-15/h14H,3-13,16H2,1-2H3. The zero-order chi connectivity index (χ0) is 13.0. The highest BCUT2D eigenvalue weighted by molar-refractivity contribution is 4.90. The third-order valence-corrected chi connectivity index (χ3v) is 5.21. The molecule has 0 amide bonds. The highest BCUT2D eigenvalue weighted by Gasteiger charge is 2.36. The van der Waals surface area contributed by atoms with Crippen molar-refractivity contribution in [1.29, 1.82) is 0 Å². The fraction of sp³-hybridized carbons (Fsp3) is 1.00. The molecule has 1 heterocycles. The Kier molecular flexibility index (Phi) is 5.05. The van der Waals surface area contributed by atoms with E-state index in [1.54, 1.807) is 0 Å². The summed E-state index contributed by atoms with van der Waals surface area (Å²) in [5.74, 6) is 0.957. The van der Waals surface area contributed by atoms with Crippen LogP contribution in [0.1, 0.15) is 38.5 Å². The highest BCUT2D eigenvalue weighted by Crippen LogP contribution is 2.40. The molecule has 2 aliphatic rings. The van der Waals surface area contributed by atoms with Crippen molar-refractivity contribution >= 4 is 0 Å². The van der Waals surface area contributed by atoms with Gasteiger partial charge in [-0.05, 0) is 83.7 Å². The molecule has 0 radical (unpaired) electrons. The molecule has 0 aromatic rings. The van der Waals surface area contributed by atoms with E-state index in [4.69, 9.17) is 5.73 Å². The molecule has 106 valence electrons. The van der Waals surface area contributed by atoms with Crippen LogP contribution in [0.5, 0.6) is 0 Å². The number of rotatable bonds is 6. The molecule has 1 aliphatic carbocycles. The molecule has 3 heteroatoms. The zero-order valence-electron chi connectivity index (χ0n) is 12.3. The summed E-state index contributed by atoms with van der Waals surface area (Å²) in [5, 5.41) is 0. The third kappa shape index (κ3) is 3.69. The van der Waals surface area contributed by atoms with Crippen LogP contribution in [-0.2, 0) is 0 Å². The van der Waals surface area contributed by atoms with Gasteiger partial charge in [0.25, 0.3) is 0 Å². The number of piperidine rings is 1. The van der Waals surface area contributed by atoms with Crippen LogP contribution < -0.4 is 5.73 Å². The monoisotopic (exact) mass is 253 g/mol. The van der Waals surface area contributed by atoms with Crippen LogP contribution in [0.15, 0.2) is 0 Å². The maximum atomic E-state index is 5.94. The summed E-state index contributed by atoms with van der Waals surface area (Å²) >= 11 is 0. The molecule has 1 saturated carbocycles. The first-order chi connectivity index (χ1) is 8.63. The van der Waals surface area contributed by atoms with Crippen LogP contribution in [0.2, 0.25) is 0 Å². The van der Waals surface area contributed by atoms with Gasteiger partial charge in [-0.15, -0.1) is 0 Å². The van der Waals surface area contributed by atoms with E-state index in [0.717, 1.165) is 12.5 Å². The lowest BCUT2D eigenvalue weighted by molar-refractivity contribution is 0.0824. The van der Waals surface area contributed by atoms with E-state index < -0.39 is 0 Å². The summed E-state index contributed by atoms with van der Waals surface area (Å²) in [6.07, 6.45) is 8.26. The van der Waals surface area contributed by atoms with Crippen molar-refractivity contribution in [2.75, 3.05) is 46.8 Å². The molecule has 0 aromatic heterocycles. The van der Waals surface area contributed by atoms with Crippen molar-refractivity contribution in [3.8, 4) is 0 Å². The van der Waals surface area contributed by atoms with Gasteiger partial charge in [-0.1, -0.05) is 6.42 Å². The SMILES string of the molecule is CN1CCC(CCN(C)CC2(CN)CCC2)CC1. The summed E-state index contributed by atoms with van der Waals surface area (Å²) in [7, 11) is 4.52. The number of hydrogen-bond donors (Lipinski definition) is 1. The second-order valence-corrected chi connectivity index (χ2v) is 6.83. The minimum absolute atomic E-state index is 0.474. The van der Waals surface area contributed by atoms with Gasteiger partial charge < -0.3 is 15.5 Å². The molecule has 2 rings (SSSR count). The van der Waals surface area contributed by atoms with Gasteiger partial charge >= 0.3 is 0 Å². The molecule has 0 spiro atoms. The first-order valence-corrected chi connectivity index (χ1v) is 7.71. The van der Waals surface area contributed by atoms with Crippen LogP contribution in [0.3, 0.4) is 0 Å². The molecule has 2 fully saturated rings. The van der Waals surface area contributed by atoms with Crippen molar-refractivity contribution in [2.45, 2.75) is 38.5 Å². The first kappa shape index (κ1) is 14.3. The summed E-state index contributed by atoms with van der Waals surface area (Å²) < 4.78 is 0. The van der Waals surface area contributed by atoms with Crippen LogP contribution in [0.25, 0.3) is 0 Å². The predicted octanol–water partition coefficient (Wildman–Crippen LogP) is 1.78. The van der Waals surface area contributed by atoms with Gasteiger partial charge in [-0.2, -0.15) is 0 Å². The Morgan fingerprint density at radius 3 is 2.44 bits per heavy atom. The van der Waals surface area contributed by atoms with Gasteiger partial charge in [0.2, 0.25) is 0 Å². The molecule has 1 aliphatic heterocycles. The fourth-order valence-electron chi connectivity index (χ4n) is 3.51. The molecular weight excluding hydrogens is 222 g/mol. The smallest absolute Gasteiger partial charge is 0.00470 e. The lowest BCUT2D eigenvalue weighted by atomic mass is 9.68. The van der Waals surface area contributed by atoms with Crippen molar-refractivity contribution in [1.82, 2.24) is 9.80 Å². The molecule has 2 N–H and O–H groups in total. The maximum Gasteiger partial charge on any atom is 0.00470 e. The third-order valence-electron chi connectivity index (χ3n) is 5.21. The van der Waals surface area contributed by atoms with Gasteiger partial charge in [0.1, 0.15) is 0 Å². The predicted molar refractivity (Wildman–Crippen MR) is 77.7 cm³/mol. The van der Waals surface area contributed by atoms with E-state index in [1.807, 2.05) is 0 Å². The minimum atomic E-state index is 0.474. The Balaban J connectivity index is 1.64. The largest absolute Gasteiger partial charge is 0.330 e. The van der Waals surface area contributed by atoms with E-state index in [1.165, 1.54) is 64.7 Å². The Hall–Kier alpha value is -0.120. The van der Waals surface area contributed by atoms with Crippen molar-refractivity contribution < 1.29 is 0 Å². The van der Waals surface area contributed by atoms with E-state index >= 15 is 0 Å². The number of likely N-dealkylation sites (tertiary alicyclic amines) is 1. The molecule has 1 saturated heterocycles. The zero-order valence-corrected chi connectivity index (χ0v) is 12.3. The van der Waals surface area contributed by atoms with Gasteiger partial charge in [-0.25, -0.2) is 0 Å². The van der Waals surface area contributed by atoms with E-state index in [2.05, 4.69) is 23.9 Å². The van der Waals surface area contributed by atoms with Gasteiger partial charge in [0.15, 0.2) is 0 Å². The number of nitrogens with zero attached hydrogens (tertiary/aromatic N) is 2. The molecule has 0 unspecified atom stereocenters. The Morgan fingerprint density at radius 2 is 1.94 bits per heavy atom. The van der Waals surface area contributed by atoms with E-state index in [9.17, 15) is 0 Å². The average Bonchev–Trinajstić information content (AvgIpc) is 2.33. The molecule has 0 bridgehead atoms. The minimum Gasteiger partial charge on any atom is -0.330 e. The van der Waals surface area contributed by atoms with Crippen LogP contribution in [0, 0.1) is 11.3 Å². The van der Waals surface area contributed by atoms with Crippen molar-refractivity contribution in [3.05, 3.63) is 0 Å². The van der Waals surface area contributed by atoms with Gasteiger partial charge in [0, 0.05) is 6.54 Å². The summed E-state index contributed by atoms with van der Waals surface area (Å²) in [5.41, 5.74) is 6.41. The number of hydrogen-bond acceptors (Lipinski definition) is 3. The number of nitrogens with two attached hydrogens (primary N) is 1. The average molecular weight is 253 g/mol. The van der Waals surface area contributed by atoms with E-state index in [0.29, 0.717) is 5.41 Å². The van der Waals surface area contributed by atoms with Crippen molar-refractivity contribution in [3.63, 3.8) is 0 Å². The molecule has 3 nitrogen and oxygen atoms in total. The Labute approximate surface area is 113 Å². The summed E-state index contributed by atoms with van der Waals surface area (Å²) in [4.78, 5) is 4.99. The summed E-state index contributed by atoms with van der Waals surface area (Å²) in [6.45, 7) is 5.94. The Bertz CT molecular complexity index is 237. The van der Waals surface area contributed by atoms with Crippen LogP contribution >= 0.6 is 0 Å². The van der Waals surface area contributed by atoms with E-state index in [-0.39, 0.29) is 0 Å². The second kappa shape index (κ2) is 6.36. The molecular formula is C15H31N3. The van der Waals surface area contributed by atoms with Crippen LogP contribution in [0.4, 0.5) is 0 Å². The maximum absolute atomic E-state index is 5.94. The molecule has 0 atom stereocenters.